The molecule has 2 heterocycles. The average Bonchev–Trinajstić information content (AvgIpc) is 3.20. The number of benzene rings is 2. The smallest absolute Gasteiger partial charge is 0.269 e. The van der Waals surface area contributed by atoms with Crippen molar-refractivity contribution >= 4 is 22.6 Å². The third-order valence-corrected chi connectivity index (χ3v) is 5.36. The molecule has 8 nitrogen and oxygen atoms in total. The van der Waals surface area contributed by atoms with Crippen LogP contribution in [0.2, 0.25) is 0 Å². The van der Waals surface area contributed by atoms with Gasteiger partial charge in [-0.1, -0.05) is 42.5 Å². The molecule has 31 heavy (non-hydrogen) atoms. The zero-order valence-electron chi connectivity index (χ0n) is 17.2. The Morgan fingerprint density at radius 3 is 2.65 bits per heavy atom. The summed E-state index contributed by atoms with van der Waals surface area (Å²) in [5, 5.41) is 16.2. The van der Waals surface area contributed by atoms with Gasteiger partial charge in [0.2, 0.25) is 0 Å². The first-order valence-electron chi connectivity index (χ1n) is 9.81. The van der Waals surface area contributed by atoms with Gasteiger partial charge >= 0.3 is 0 Å². The number of pyridine rings is 1. The quantitative estimate of drug-likeness (QED) is 0.347. The summed E-state index contributed by atoms with van der Waals surface area (Å²) in [5.41, 5.74) is 2.94. The molecule has 0 fully saturated rings. The average molecular weight is 415 g/mol. The molecule has 0 aliphatic carbocycles. The number of amides is 1. The lowest BCUT2D eigenvalue weighted by molar-refractivity contribution is -0.384. The van der Waals surface area contributed by atoms with Gasteiger partial charge in [0.1, 0.15) is 0 Å². The van der Waals surface area contributed by atoms with Crippen LogP contribution in [0, 0.1) is 10.1 Å². The fourth-order valence-corrected chi connectivity index (χ4v) is 3.46. The Labute approximate surface area is 178 Å². The van der Waals surface area contributed by atoms with Gasteiger partial charge in [-0.2, -0.15) is 5.10 Å². The summed E-state index contributed by atoms with van der Waals surface area (Å²) in [6, 6.07) is 17.7. The number of nitro groups is 1. The summed E-state index contributed by atoms with van der Waals surface area (Å²) in [7, 11) is 1.68. The van der Waals surface area contributed by atoms with Gasteiger partial charge in [-0.3, -0.25) is 14.9 Å². The van der Waals surface area contributed by atoms with Gasteiger partial charge in [0.15, 0.2) is 5.65 Å². The summed E-state index contributed by atoms with van der Waals surface area (Å²) in [6.07, 6.45) is 3.25. The minimum absolute atomic E-state index is 0.000819. The summed E-state index contributed by atoms with van der Waals surface area (Å²) < 4.78 is 1.80. The Morgan fingerprint density at radius 1 is 1.13 bits per heavy atom. The molecule has 0 bridgehead atoms. The van der Waals surface area contributed by atoms with Crippen molar-refractivity contribution in [2.45, 2.75) is 19.5 Å². The van der Waals surface area contributed by atoms with Crippen LogP contribution in [0.4, 0.5) is 5.69 Å². The fourth-order valence-electron chi connectivity index (χ4n) is 3.46. The Hall–Kier alpha value is -4.07. The van der Waals surface area contributed by atoms with E-state index in [0.717, 1.165) is 10.9 Å². The highest BCUT2D eigenvalue weighted by molar-refractivity contribution is 5.96. The third kappa shape index (κ3) is 4.13. The first kappa shape index (κ1) is 20.2. The topological polar surface area (TPSA) is 94.2 Å². The van der Waals surface area contributed by atoms with Crippen molar-refractivity contribution in [3.8, 4) is 0 Å². The predicted molar refractivity (Wildman–Crippen MR) is 117 cm³/mol. The van der Waals surface area contributed by atoms with Crippen LogP contribution >= 0.6 is 0 Å². The normalized spacial score (nSPS) is 11.9. The van der Waals surface area contributed by atoms with E-state index in [1.165, 1.54) is 12.1 Å². The van der Waals surface area contributed by atoms with Crippen molar-refractivity contribution in [3.05, 3.63) is 99.9 Å². The number of non-ortho nitro benzene ring substituents is 1. The Balaban J connectivity index is 1.56. The molecule has 0 saturated carbocycles. The van der Waals surface area contributed by atoms with Crippen LogP contribution in [0.25, 0.3) is 11.0 Å². The Morgan fingerprint density at radius 2 is 1.90 bits per heavy atom. The van der Waals surface area contributed by atoms with Gasteiger partial charge in [0.25, 0.3) is 11.6 Å². The molecule has 0 aliphatic rings. The summed E-state index contributed by atoms with van der Waals surface area (Å²) in [6.45, 7) is 2.43. The number of rotatable bonds is 6. The molecule has 156 valence electrons. The number of fused-ring (bicyclic) bond motifs is 1. The molecule has 4 aromatic rings. The van der Waals surface area contributed by atoms with Gasteiger partial charge in [-0.15, -0.1) is 0 Å². The van der Waals surface area contributed by atoms with E-state index in [1.54, 1.807) is 47.2 Å². The monoisotopic (exact) mass is 415 g/mol. The number of nitro benzene ring substituents is 1. The molecule has 8 heteroatoms. The maximum Gasteiger partial charge on any atom is 0.269 e. The van der Waals surface area contributed by atoms with E-state index < -0.39 is 4.92 Å². The summed E-state index contributed by atoms with van der Waals surface area (Å²) >= 11 is 0. The van der Waals surface area contributed by atoms with Crippen molar-refractivity contribution in [1.82, 2.24) is 19.7 Å². The van der Waals surface area contributed by atoms with Gasteiger partial charge in [0, 0.05) is 30.8 Å². The highest BCUT2D eigenvalue weighted by Crippen LogP contribution is 2.25. The largest absolute Gasteiger partial charge is 0.335 e. The van der Waals surface area contributed by atoms with Crippen molar-refractivity contribution in [3.63, 3.8) is 0 Å². The molecule has 1 atom stereocenters. The number of carbonyl (C=O) groups is 1. The predicted octanol–water partition coefficient (Wildman–Crippen LogP) is 4.22. The first-order chi connectivity index (χ1) is 14.9. The van der Waals surface area contributed by atoms with Gasteiger partial charge in [0.05, 0.1) is 29.3 Å². The van der Waals surface area contributed by atoms with Gasteiger partial charge < -0.3 is 4.90 Å². The van der Waals surface area contributed by atoms with E-state index in [9.17, 15) is 14.9 Å². The summed E-state index contributed by atoms with van der Waals surface area (Å²) in [4.78, 5) is 29.7. The number of hydrogen-bond acceptors (Lipinski definition) is 5. The van der Waals surface area contributed by atoms with Crippen molar-refractivity contribution in [2.24, 2.45) is 0 Å². The molecule has 0 unspecified atom stereocenters. The zero-order valence-corrected chi connectivity index (χ0v) is 17.2. The highest BCUT2D eigenvalue weighted by atomic mass is 16.6. The molecule has 0 aliphatic heterocycles. The van der Waals surface area contributed by atoms with E-state index in [-0.39, 0.29) is 17.6 Å². The van der Waals surface area contributed by atoms with Crippen LogP contribution in [0.1, 0.15) is 34.5 Å². The zero-order chi connectivity index (χ0) is 22.0. The first-order valence-corrected chi connectivity index (χ1v) is 9.81. The molecular weight excluding hydrogens is 394 g/mol. The van der Waals surface area contributed by atoms with E-state index in [2.05, 4.69) is 10.1 Å². The minimum atomic E-state index is -0.441. The third-order valence-electron chi connectivity index (χ3n) is 5.36. The SMILES string of the molecule is C[C@H](c1cccc([N+](=O)[O-])c1)N(C)C(=O)c1cnc2c(cnn2Cc2ccccc2)c1. The molecular formula is C23H21N5O3. The maximum absolute atomic E-state index is 13.0. The van der Waals surface area contributed by atoms with Crippen molar-refractivity contribution < 1.29 is 9.72 Å². The maximum atomic E-state index is 13.0. The number of hydrogen-bond donors (Lipinski definition) is 0. The van der Waals surface area contributed by atoms with E-state index in [0.29, 0.717) is 23.3 Å². The van der Waals surface area contributed by atoms with Crippen LogP contribution in [-0.2, 0) is 6.54 Å². The number of aromatic nitrogens is 3. The highest BCUT2D eigenvalue weighted by Gasteiger charge is 2.21. The van der Waals surface area contributed by atoms with Crippen LogP contribution in [0.5, 0.6) is 0 Å². The molecule has 1 amide bonds. The molecule has 0 radical (unpaired) electrons. The van der Waals surface area contributed by atoms with E-state index in [1.807, 2.05) is 37.3 Å². The van der Waals surface area contributed by atoms with Gasteiger partial charge in [-0.05, 0) is 24.1 Å². The lowest BCUT2D eigenvalue weighted by Gasteiger charge is -2.25. The van der Waals surface area contributed by atoms with E-state index in [4.69, 9.17) is 0 Å². The molecule has 0 spiro atoms. The Kier molecular flexibility index (Phi) is 5.44. The molecule has 2 aromatic heterocycles. The molecule has 2 aromatic carbocycles. The fraction of sp³-hybridized carbons (Fsp3) is 0.174. The molecule has 4 rings (SSSR count). The molecule has 0 saturated heterocycles. The van der Waals surface area contributed by atoms with Crippen LogP contribution in [-0.4, -0.2) is 37.5 Å². The van der Waals surface area contributed by atoms with Crippen molar-refractivity contribution in [1.29, 1.82) is 0 Å². The standard InChI is InChI=1S/C23H21N5O3/c1-16(18-9-6-10-21(12-18)28(30)31)26(2)23(29)20-11-19-14-25-27(22(19)24-13-20)15-17-7-4-3-5-8-17/h3-14,16H,15H2,1-2H3/t16-/m1/s1. The molecule has 0 N–H and O–H groups in total. The van der Waals surface area contributed by atoms with Crippen LogP contribution in [0.3, 0.4) is 0 Å². The second-order valence-corrected chi connectivity index (χ2v) is 7.37. The second-order valence-electron chi connectivity index (χ2n) is 7.37. The minimum Gasteiger partial charge on any atom is -0.335 e. The summed E-state index contributed by atoms with van der Waals surface area (Å²) in [5.74, 6) is -0.218. The number of carbonyl (C=O) groups excluding carboxylic acids is 1. The second kappa shape index (κ2) is 8.35. The Bertz CT molecular complexity index is 1250. The lowest BCUT2D eigenvalue weighted by Crippen LogP contribution is -2.29. The van der Waals surface area contributed by atoms with Crippen LogP contribution in [0.15, 0.2) is 73.1 Å². The van der Waals surface area contributed by atoms with Gasteiger partial charge in [-0.25, -0.2) is 9.67 Å². The van der Waals surface area contributed by atoms with Crippen LogP contribution < -0.4 is 0 Å². The van der Waals surface area contributed by atoms with E-state index >= 15 is 0 Å². The number of nitrogens with zero attached hydrogens (tertiary/aromatic N) is 5. The van der Waals surface area contributed by atoms with Crippen molar-refractivity contribution in [2.75, 3.05) is 7.05 Å². The lowest BCUT2D eigenvalue weighted by atomic mass is 10.1.